The zero-order valence-corrected chi connectivity index (χ0v) is 14.5. The van der Waals surface area contributed by atoms with Crippen molar-refractivity contribution in [2.75, 3.05) is 7.11 Å². The molecule has 0 bridgehead atoms. The van der Waals surface area contributed by atoms with Crippen LogP contribution in [0, 0.1) is 0 Å². The molecule has 2 rings (SSSR count). The van der Waals surface area contributed by atoms with E-state index < -0.39 is 0 Å². The Bertz CT molecular complexity index is 665. The van der Waals surface area contributed by atoms with Gasteiger partial charge in [-0.3, -0.25) is 0 Å². The fourth-order valence-corrected chi connectivity index (χ4v) is 2.86. The number of benzene rings is 2. The first-order valence-corrected chi connectivity index (χ1v) is 8.25. The van der Waals surface area contributed by atoms with Crippen LogP contribution in [0.3, 0.4) is 0 Å². The van der Waals surface area contributed by atoms with Gasteiger partial charge in [0.1, 0.15) is 5.75 Å². The topological polar surface area (TPSA) is 46.5 Å². The fourth-order valence-electron chi connectivity index (χ4n) is 1.90. The van der Waals surface area contributed by atoms with Crippen LogP contribution < -0.4 is 0 Å². The highest BCUT2D eigenvalue weighted by atomic mass is 32.2. The summed E-state index contributed by atoms with van der Waals surface area (Å²) in [7, 11) is 1.36. The van der Waals surface area contributed by atoms with Gasteiger partial charge in [0.25, 0.3) is 0 Å². The maximum atomic E-state index is 11.7. The number of methoxy groups -OCH3 is 1. The summed E-state index contributed by atoms with van der Waals surface area (Å²) < 4.78 is 4.78. The third-order valence-electron chi connectivity index (χ3n) is 2.94. The molecule has 0 unspecified atom stereocenters. The van der Waals surface area contributed by atoms with E-state index in [0.717, 1.165) is 15.4 Å². The average Bonchev–Trinajstić information content (AvgIpc) is 2.59. The molecule has 0 aliphatic heterocycles. The van der Waals surface area contributed by atoms with Gasteiger partial charge in [-0.05, 0) is 36.2 Å². The maximum absolute atomic E-state index is 11.7. The predicted octanol–water partition coefficient (Wildman–Crippen LogP) is 5.08. The van der Waals surface area contributed by atoms with Crippen LogP contribution in [0.1, 0.15) is 29.8 Å². The zero-order valence-electron chi connectivity index (χ0n) is 13.7. The van der Waals surface area contributed by atoms with Crippen molar-refractivity contribution in [1.82, 2.24) is 0 Å². The van der Waals surface area contributed by atoms with Crippen molar-refractivity contribution in [2.24, 2.45) is 0 Å². The number of phenols is 1. The van der Waals surface area contributed by atoms with Gasteiger partial charge in [0.2, 0.25) is 0 Å². The molecule has 2 aromatic rings. The fraction of sp³-hybridized carbons (Fsp3) is 0.211. The molecule has 0 aliphatic carbocycles. The van der Waals surface area contributed by atoms with Gasteiger partial charge in [0, 0.05) is 9.79 Å². The Hall–Kier alpha value is -2.20. The largest absolute Gasteiger partial charge is 0.508 e. The van der Waals surface area contributed by atoms with Crippen molar-refractivity contribution in [3.63, 3.8) is 0 Å². The van der Waals surface area contributed by atoms with Gasteiger partial charge in [0.05, 0.1) is 12.7 Å². The first-order valence-electron chi connectivity index (χ1n) is 7.43. The summed E-state index contributed by atoms with van der Waals surface area (Å²) in [6.45, 7) is 7.66. The molecule has 0 saturated heterocycles. The number of allylic oxidation sites excluding steroid dienone is 1. The van der Waals surface area contributed by atoms with E-state index >= 15 is 0 Å². The van der Waals surface area contributed by atoms with Crippen molar-refractivity contribution in [3.8, 4) is 5.75 Å². The molecule has 1 N–H and O–H groups in total. The second-order valence-electron chi connectivity index (χ2n) is 4.37. The minimum atomic E-state index is -0.370. The minimum Gasteiger partial charge on any atom is -0.508 e. The normalized spacial score (nSPS) is 9.52. The second kappa shape index (κ2) is 9.74. The van der Waals surface area contributed by atoms with Gasteiger partial charge >= 0.3 is 5.97 Å². The van der Waals surface area contributed by atoms with Gasteiger partial charge in [-0.15, -0.1) is 6.58 Å². The average molecular weight is 330 g/mol. The van der Waals surface area contributed by atoms with Crippen LogP contribution in [-0.2, 0) is 11.2 Å². The highest BCUT2D eigenvalue weighted by molar-refractivity contribution is 7.99. The second-order valence-corrected chi connectivity index (χ2v) is 5.49. The molecule has 122 valence electrons. The van der Waals surface area contributed by atoms with Gasteiger partial charge in [-0.25, -0.2) is 4.79 Å². The van der Waals surface area contributed by atoms with Crippen molar-refractivity contribution < 1.29 is 14.6 Å². The molecule has 4 heteroatoms. The summed E-state index contributed by atoms with van der Waals surface area (Å²) in [6.07, 6.45) is 2.37. The number of carbonyl (C=O) groups excluding carboxylic acids is 1. The molecular formula is C19H22O3S. The highest BCUT2D eigenvalue weighted by Crippen LogP contribution is 2.33. The van der Waals surface area contributed by atoms with Crippen LogP contribution in [0.2, 0.25) is 0 Å². The van der Waals surface area contributed by atoms with Crippen LogP contribution in [0.15, 0.2) is 64.9 Å². The molecule has 0 spiro atoms. The molecule has 0 amide bonds. The van der Waals surface area contributed by atoms with E-state index in [-0.39, 0.29) is 11.7 Å². The molecule has 0 saturated carbocycles. The Morgan fingerprint density at radius 2 is 1.96 bits per heavy atom. The molecule has 0 atom stereocenters. The van der Waals surface area contributed by atoms with E-state index in [9.17, 15) is 9.90 Å². The summed E-state index contributed by atoms with van der Waals surface area (Å²) in [5.41, 5.74) is 1.34. The lowest BCUT2D eigenvalue weighted by molar-refractivity contribution is 0.0597. The van der Waals surface area contributed by atoms with Crippen molar-refractivity contribution >= 4 is 17.7 Å². The summed E-state index contributed by atoms with van der Waals surface area (Å²) in [4.78, 5) is 13.4. The monoisotopic (exact) mass is 330 g/mol. The molecule has 2 aromatic carbocycles. The first kappa shape index (κ1) is 18.8. The Morgan fingerprint density at radius 3 is 2.57 bits per heavy atom. The van der Waals surface area contributed by atoms with Crippen LogP contribution in [0.5, 0.6) is 5.75 Å². The quantitative estimate of drug-likeness (QED) is 0.613. The van der Waals surface area contributed by atoms with Crippen LogP contribution in [0.25, 0.3) is 0 Å². The van der Waals surface area contributed by atoms with Crippen molar-refractivity contribution in [2.45, 2.75) is 30.1 Å². The van der Waals surface area contributed by atoms with E-state index in [1.165, 1.54) is 18.9 Å². The molecule has 0 aliphatic rings. The molecule has 0 radical (unpaired) electrons. The van der Waals surface area contributed by atoms with Crippen molar-refractivity contribution in [3.05, 3.63) is 66.2 Å². The summed E-state index contributed by atoms with van der Waals surface area (Å²) in [6, 6.07) is 12.7. The number of carbonyl (C=O) groups is 1. The molecule has 3 nitrogen and oxygen atoms in total. The third-order valence-corrected chi connectivity index (χ3v) is 4.01. The van der Waals surface area contributed by atoms with Crippen LogP contribution >= 0.6 is 11.8 Å². The number of rotatable bonds is 5. The highest BCUT2D eigenvalue weighted by Gasteiger charge is 2.12. The van der Waals surface area contributed by atoms with E-state index in [4.69, 9.17) is 4.74 Å². The molecular weight excluding hydrogens is 308 g/mol. The zero-order chi connectivity index (χ0) is 17.2. The SMILES string of the molecule is C=CCc1ccc(Sc2ccccc2C(=O)OC)cc1O.CC. The number of hydrogen-bond donors (Lipinski definition) is 1. The van der Waals surface area contributed by atoms with Gasteiger partial charge in [0.15, 0.2) is 0 Å². The van der Waals surface area contributed by atoms with E-state index in [1.807, 2.05) is 38.1 Å². The lowest BCUT2D eigenvalue weighted by Gasteiger charge is -2.09. The van der Waals surface area contributed by atoms with Gasteiger partial charge < -0.3 is 9.84 Å². The third kappa shape index (κ3) is 5.18. The lowest BCUT2D eigenvalue weighted by Crippen LogP contribution is -2.02. The van der Waals surface area contributed by atoms with Crippen LogP contribution in [-0.4, -0.2) is 18.2 Å². The molecule has 0 aromatic heterocycles. The van der Waals surface area contributed by atoms with E-state index in [0.29, 0.717) is 12.0 Å². The Morgan fingerprint density at radius 1 is 1.26 bits per heavy atom. The van der Waals surface area contributed by atoms with Gasteiger partial charge in [-0.2, -0.15) is 0 Å². The molecule has 0 fully saturated rings. The minimum absolute atomic E-state index is 0.232. The number of esters is 1. The number of ether oxygens (including phenoxy) is 1. The number of hydrogen-bond acceptors (Lipinski definition) is 4. The predicted molar refractivity (Wildman–Crippen MR) is 95.3 cm³/mol. The smallest absolute Gasteiger partial charge is 0.339 e. The number of phenolic OH excluding ortho intramolecular Hbond substituents is 1. The van der Waals surface area contributed by atoms with Gasteiger partial charge in [-0.1, -0.05) is 49.9 Å². The molecule has 0 heterocycles. The standard InChI is InChI=1S/C17H16O3S.C2H6/c1-3-6-12-9-10-13(11-15(12)18)21-16-8-5-4-7-14(16)17(19)20-2;1-2/h3-5,7-11,18H,1,6H2,2H3;1-2H3. The van der Waals surface area contributed by atoms with E-state index in [2.05, 4.69) is 6.58 Å². The Labute approximate surface area is 142 Å². The number of aromatic hydroxyl groups is 1. The first-order chi connectivity index (χ1) is 11.2. The summed E-state index contributed by atoms with van der Waals surface area (Å²) >= 11 is 1.41. The van der Waals surface area contributed by atoms with E-state index in [1.54, 1.807) is 24.3 Å². The maximum Gasteiger partial charge on any atom is 0.339 e. The summed E-state index contributed by atoms with van der Waals surface area (Å²) in [5.74, 6) is -0.138. The van der Waals surface area contributed by atoms with Crippen molar-refractivity contribution in [1.29, 1.82) is 0 Å². The summed E-state index contributed by atoms with van der Waals surface area (Å²) in [5, 5.41) is 9.97. The Balaban J connectivity index is 0.00000127. The van der Waals surface area contributed by atoms with Crippen LogP contribution in [0.4, 0.5) is 0 Å². The Kier molecular flexibility index (Phi) is 7.98. The lowest BCUT2D eigenvalue weighted by atomic mass is 10.1. The molecule has 23 heavy (non-hydrogen) atoms.